The Bertz CT molecular complexity index is 559. The van der Waals surface area contributed by atoms with Crippen LogP contribution in [0.15, 0.2) is 18.2 Å². The van der Waals surface area contributed by atoms with Crippen molar-refractivity contribution in [3.8, 4) is 5.75 Å². The Hall–Kier alpha value is -1.53. The van der Waals surface area contributed by atoms with Gasteiger partial charge in [-0.3, -0.25) is 0 Å². The van der Waals surface area contributed by atoms with Crippen molar-refractivity contribution >= 4 is 11.3 Å². The third kappa shape index (κ3) is 3.48. The van der Waals surface area contributed by atoms with Crippen molar-refractivity contribution in [2.24, 2.45) is 0 Å². The molecule has 19 heavy (non-hydrogen) atoms. The van der Waals surface area contributed by atoms with E-state index in [1.54, 1.807) is 24.5 Å². The number of aryl methyl sites for hydroxylation is 1. The molecule has 6 heteroatoms. The molecular weight excluding hydrogens is 265 g/mol. The number of ether oxygens (including phenoxy) is 1. The van der Waals surface area contributed by atoms with Crippen molar-refractivity contribution in [3.63, 3.8) is 0 Å². The number of hydrogen-bond acceptors (Lipinski definition) is 5. The van der Waals surface area contributed by atoms with Crippen LogP contribution in [-0.4, -0.2) is 17.3 Å². The van der Waals surface area contributed by atoms with E-state index in [2.05, 4.69) is 15.5 Å². The summed E-state index contributed by atoms with van der Waals surface area (Å²) < 4.78 is 18.6. The van der Waals surface area contributed by atoms with E-state index in [1.807, 2.05) is 13.8 Å². The third-order valence-corrected chi connectivity index (χ3v) is 3.62. The zero-order valence-electron chi connectivity index (χ0n) is 11.1. The van der Waals surface area contributed by atoms with Gasteiger partial charge in [-0.1, -0.05) is 0 Å². The first-order valence-electron chi connectivity index (χ1n) is 5.96. The third-order valence-electron chi connectivity index (χ3n) is 2.79. The van der Waals surface area contributed by atoms with Crippen molar-refractivity contribution in [2.75, 3.05) is 7.11 Å². The van der Waals surface area contributed by atoms with Crippen LogP contribution in [0.25, 0.3) is 0 Å². The van der Waals surface area contributed by atoms with Crippen molar-refractivity contribution in [1.29, 1.82) is 0 Å². The van der Waals surface area contributed by atoms with Crippen molar-refractivity contribution in [2.45, 2.75) is 26.4 Å². The zero-order valence-corrected chi connectivity index (χ0v) is 11.9. The lowest BCUT2D eigenvalue weighted by molar-refractivity contribution is 0.399. The number of halogens is 1. The minimum Gasteiger partial charge on any atom is -0.496 e. The molecule has 0 aliphatic heterocycles. The Kier molecular flexibility index (Phi) is 4.44. The van der Waals surface area contributed by atoms with Gasteiger partial charge >= 0.3 is 0 Å². The Morgan fingerprint density at radius 3 is 2.84 bits per heavy atom. The molecule has 0 bridgehead atoms. The van der Waals surface area contributed by atoms with Crippen LogP contribution in [0.3, 0.4) is 0 Å². The normalized spacial score (nSPS) is 12.4. The monoisotopic (exact) mass is 281 g/mol. The lowest BCUT2D eigenvalue weighted by Crippen LogP contribution is -2.18. The van der Waals surface area contributed by atoms with Crippen LogP contribution in [-0.2, 0) is 6.54 Å². The fourth-order valence-corrected chi connectivity index (χ4v) is 2.46. The molecular formula is C13H16FN3OS. The first-order valence-corrected chi connectivity index (χ1v) is 6.77. The summed E-state index contributed by atoms with van der Waals surface area (Å²) >= 11 is 1.55. The van der Waals surface area contributed by atoms with E-state index in [9.17, 15) is 4.39 Å². The van der Waals surface area contributed by atoms with Gasteiger partial charge in [-0.15, -0.1) is 21.5 Å². The molecule has 1 atom stereocenters. The first-order chi connectivity index (χ1) is 9.10. The highest BCUT2D eigenvalue weighted by Crippen LogP contribution is 2.26. The maximum Gasteiger partial charge on any atom is 0.131 e. The molecule has 0 spiro atoms. The second-order valence-electron chi connectivity index (χ2n) is 4.20. The van der Waals surface area contributed by atoms with E-state index >= 15 is 0 Å². The first kappa shape index (κ1) is 13.9. The average Bonchev–Trinajstić information content (AvgIpc) is 2.81. The van der Waals surface area contributed by atoms with Crippen LogP contribution in [0, 0.1) is 12.7 Å². The Morgan fingerprint density at radius 1 is 1.42 bits per heavy atom. The number of aromatic nitrogens is 2. The van der Waals surface area contributed by atoms with Gasteiger partial charge in [0.2, 0.25) is 0 Å². The summed E-state index contributed by atoms with van der Waals surface area (Å²) in [4.78, 5) is 0. The summed E-state index contributed by atoms with van der Waals surface area (Å²) in [5.41, 5.74) is 0.795. The second-order valence-corrected chi connectivity index (χ2v) is 5.47. The Balaban J connectivity index is 2.06. The molecule has 2 aromatic rings. The molecule has 0 radical (unpaired) electrons. The number of nitrogens with zero attached hydrogens (tertiary/aromatic N) is 2. The van der Waals surface area contributed by atoms with E-state index < -0.39 is 0 Å². The summed E-state index contributed by atoms with van der Waals surface area (Å²) in [6, 6.07) is 4.48. The van der Waals surface area contributed by atoms with Gasteiger partial charge in [-0.25, -0.2) is 4.39 Å². The molecule has 0 amide bonds. The molecule has 102 valence electrons. The molecule has 1 heterocycles. The average molecular weight is 281 g/mol. The van der Waals surface area contributed by atoms with Gasteiger partial charge in [-0.05, 0) is 32.0 Å². The summed E-state index contributed by atoms with van der Waals surface area (Å²) in [5.74, 6) is 0.408. The smallest absolute Gasteiger partial charge is 0.131 e. The van der Waals surface area contributed by atoms with E-state index in [0.717, 1.165) is 15.6 Å². The lowest BCUT2D eigenvalue weighted by Gasteiger charge is -2.16. The fraction of sp³-hybridized carbons (Fsp3) is 0.385. The van der Waals surface area contributed by atoms with Crippen LogP contribution in [0.2, 0.25) is 0 Å². The van der Waals surface area contributed by atoms with Gasteiger partial charge < -0.3 is 10.1 Å². The lowest BCUT2D eigenvalue weighted by atomic mass is 10.1. The Morgan fingerprint density at radius 2 is 2.21 bits per heavy atom. The molecule has 0 saturated carbocycles. The van der Waals surface area contributed by atoms with E-state index in [0.29, 0.717) is 12.3 Å². The second kappa shape index (κ2) is 6.08. The standard InChI is InChI=1S/C13H16FN3OS/c1-8(15-7-13-17-16-9(2)19-13)11-6-10(14)4-5-12(11)18-3/h4-6,8,15H,7H2,1-3H3. The topological polar surface area (TPSA) is 47.0 Å². The summed E-state index contributed by atoms with van der Waals surface area (Å²) in [6.45, 7) is 4.48. The van der Waals surface area contributed by atoms with E-state index in [-0.39, 0.29) is 11.9 Å². The highest BCUT2D eigenvalue weighted by atomic mass is 32.1. The van der Waals surface area contributed by atoms with Gasteiger partial charge in [0, 0.05) is 11.6 Å². The summed E-state index contributed by atoms with van der Waals surface area (Å²) in [7, 11) is 1.58. The number of nitrogens with one attached hydrogen (secondary N) is 1. The van der Waals surface area contributed by atoms with Crippen LogP contribution in [0.4, 0.5) is 4.39 Å². The Labute approximate surface area is 115 Å². The highest BCUT2D eigenvalue weighted by Gasteiger charge is 2.13. The van der Waals surface area contributed by atoms with Crippen molar-refractivity contribution in [3.05, 3.63) is 39.6 Å². The summed E-state index contributed by atoms with van der Waals surface area (Å²) in [5, 5.41) is 13.1. The summed E-state index contributed by atoms with van der Waals surface area (Å²) in [6.07, 6.45) is 0. The SMILES string of the molecule is COc1ccc(F)cc1C(C)NCc1nnc(C)s1. The largest absolute Gasteiger partial charge is 0.496 e. The van der Waals surface area contributed by atoms with Gasteiger partial charge in [0.25, 0.3) is 0 Å². The van der Waals surface area contributed by atoms with Gasteiger partial charge in [-0.2, -0.15) is 0 Å². The predicted octanol–water partition coefficient (Wildman–Crippen LogP) is 2.85. The highest BCUT2D eigenvalue weighted by molar-refractivity contribution is 7.11. The molecule has 1 N–H and O–H groups in total. The number of methoxy groups -OCH3 is 1. The maximum atomic E-state index is 13.3. The van der Waals surface area contributed by atoms with Gasteiger partial charge in [0.05, 0.1) is 13.7 Å². The van der Waals surface area contributed by atoms with E-state index in [1.165, 1.54) is 12.1 Å². The van der Waals surface area contributed by atoms with Crippen LogP contribution >= 0.6 is 11.3 Å². The molecule has 1 unspecified atom stereocenters. The number of rotatable bonds is 5. The molecule has 2 rings (SSSR count). The van der Waals surface area contributed by atoms with E-state index in [4.69, 9.17) is 4.74 Å². The van der Waals surface area contributed by atoms with Gasteiger partial charge in [0.1, 0.15) is 21.6 Å². The van der Waals surface area contributed by atoms with Crippen LogP contribution in [0.1, 0.15) is 28.5 Å². The quantitative estimate of drug-likeness (QED) is 0.915. The molecule has 0 fully saturated rings. The maximum absolute atomic E-state index is 13.3. The number of benzene rings is 1. The molecule has 0 aliphatic rings. The minimum atomic E-state index is -0.267. The minimum absolute atomic E-state index is 0.0325. The van der Waals surface area contributed by atoms with Gasteiger partial charge in [0.15, 0.2) is 0 Å². The zero-order chi connectivity index (χ0) is 13.8. The molecule has 0 saturated heterocycles. The van der Waals surface area contributed by atoms with Crippen LogP contribution in [0.5, 0.6) is 5.75 Å². The predicted molar refractivity (Wildman–Crippen MR) is 72.9 cm³/mol. The fourth-order valence-electron chi connectivity index (χ4n) is 1.80. The number of hydrogen-bond donors (Lipinski definition) is 1. The van der Waals surface area contributed by atoms with Crippen molar-refractivity contribution < 1.29 is 9.13 Å². The van der Waals surface area contributed by atoms with Crippen molar-refractivity contribution in [1.82, 2.24) is 15.5 Å². The molecule has 1 aromatic carbocycles. The molecule has 0 aliphatic carbocycles. The molecule has 1 aromatic heterocycles. The van der Waals surface area contributed by atoms with Crippen LogP contribution < -0.4 is 10.1 Å². The molecule has 4 nitrogen and oxygen atoms in total.